The molecule has 5 aromatic rings. The van der Waals surface area contributed by atoms with Crippen LogP contribution in [0.5, 0.6) is 11.8 Å². The van der Waals surface area contributed by atoms with Crippen molar-refractivity contribution in [2.75, 3.05) is 63.7 Å². The number of ether oxygens (including phenoxy) is 3. The molecule has 0 saturated carbocycles. The van der Waals surface area contributed by atoms with Crippen LogP contribution in [0.3, 0.4) is 0 Å². The zero-order chi connectivity index (χ0) is 49.4. The molecule has 4 aromatic heterocycles. The van der Waals surface area contributed by atoms with Gasteiger partial charge in [0.15, 0.2) is 5.03 Å². The van der Waals surface area contributed by atoms with Gasteiger partial charge in [-0.05, 0) is 80.8 Å². The van der Waals surface area contributed by atoms with Crippen LogP contribution in [-0.4, -0.2) is 124 Å². The number of amides is 3. The Morgan fingerprint density at radius 1 is 0.970 bits per heavy atom. The zero-order valence-electron chi connectivity index (χ0n) is 37.3. The topological polar surface area (TPSA) is 281 Å². The maximum Gasteiger partial charge on any atom is 0.335 e. The molecule has 1 aromatic carbocycles. The number of carbonyl (C=O) groups excluding carboxylic acids is 3. The van der Waals surface area contributed by atoms with Crippen molar-refractivity contribution in [3.63, 3.8) is 0 Å². The second kappa shape index (κ2) is 25.1. The number of hydrogen-bond acceptors (Lipinski definition) is 20. The molecular formula is C38H47Cl2FN14O9S3. The third-order valence-corrected chi connectivity index (χ3v) is 12.0. The fraction of sp³-hybridized carbons (Fsp3) is 0.395. The fourth-order valence-electron chi connectivity index (χ4n) is 5.32. The largest absolute Gasteiger partial charge is 0.481 e. The van der Waals surface area contributed by atoms with Crippen molar-refractivity contribution in [3.05, 3.63) is 72.7 Å². The highest BCUT2D eigenvalue weighted by atomic mass is 35.5. The number of nitrogens with zero attached hydrogens (tertiary/aromatic N) is 10. The molecule has 0 aliphatic carbocycles. The van der Waals surface area contributed by atoms with E-state index in [1.165, 1.54) is 70.8 Å². The summed E-state index contributed by atoms with van der Waals surface area (Å²) in [5.41, 5.74) is -0.105. The van der Waals surface area contributed by atoms with Crippen LogP contribution in [0.15, 0.2) is 56.2 Å². The van der Waals surface area contributed by atoms with Crippen LogP contribution >= 0.6 is 46.3 Å². The molecule has 1 aliphatic rings. The molecular weight excluding hydrogens is 983 g/mol. The maximum atomic E-state index is 14.3. The molecule has 67 heavy (non-hydrogen) atoms. The predicted octanol–water partition coefficient (Wildman–Crippen LogP) is 4.67. The number of benzene rings is 1. The highest BCUT2D eigenvalue weighted by Crippen LogP contribution is 2.33. The smallest absolute Gasteiger partial charge is 0.335 e. The van der Waals surface area contributed by atoms with E-state index < -0.39 is 38.8 Å². The van der Waals surface area contributed by atoms with Gasteiger partial charge >= 0.3 is 16.9 Å². The number of urea groups is 1. The molecule has 0 bridgehead atoms. The highest BCUT2D eigenvalue weighted by Gasteiger charge is 2.27. The van der Waals surface area contributed by atoms with E-state index in [2.05, 4.69) is 55.6 Å². The van der Waals surface area contributed by atoms with E-state index in [0.29, 0.717) is 34.7 Å². The molecule has 0 unspecified atom stereocenters. The van der Waals surface area contributed by atoms with Crippen LogP contribution in [0.2, 0.25) is 10.3 Å². The van der Waals surface area contributed by atoms with Gasteiger partial charge in [-0.3, -0.25) is 24.4 Å². The molecule has 0 fully saturated rings. The van der Waals surface area contributed by atoms with Crippen molar-refractivity contribution >= 4 is 97.8 Å². The quantitative estimate of drug-likeness (QED) is 0.0868. The van der Waals surface area contributed by atoms with Gasteiger partial charge in [-0.15, -0.1) is 11.8 Å². The first-order valence-corrected chi connectivity index (χ1v) is 23.8. The third-order valence-electron chi connectivity index (χ3n) is 8.25. The molecule has 4 N–H and O–H groups in total. The van der Waals surface area contributed by atoms with Crippen molar-refractivity contribution in [1.82, 2.24) is 48.9 Å². The number of halogens is 3. The van der Waals surface area contributed by atoms with E-state index in [-0.39, 0.29) is 55.9 Å². The van der Waals surface area contributed by atoms with Crippen LogP contribution in [0.25, 0.3) is 0 Å². The van der Waals surface area contributed by atoms with Crippen molar-refractivity contribution in [1.29, 1.82) is 0 Å². The molecule has 29 heteroatoms. The SMILES string of the molecule is CCNc1nc(Cl)nc(NC(C)C)n1.COC(=O)CSc1cc(/N=c2\sc(=O)n3n2CCCC3)c(F)cc1Cl.COc1cc(OC)nc(NC(=O)NS(=O)(=O)c2ncccc2C(=O)N(C)C)n1. The van der Waals surface area contributed by atoms with Crippen LogP contribution in [0, 0.1) is 5.82 Å². The number of rotatable bonds is 14. The molecule has 3 amide bonds. The lowest BCUT2D eigenvalue weighted by molar-refractivity contribution is -0.137. The van der Waals surface area contributed by atoms with Crippen LogP contribution in [-0.2, 0) is 32.6 Å². The first-order valence-electron chi connectivity index (χ1n) is 19.7. The number of methoxy groups -OCH3 is 3. The first-order chi connectivity index (χ1) is 31.8. The van der Waals surface area contributed by atoms with E-state index in [1.807, 2.05) is 20.8 Å². The number of thioether (sulfide) groups is 1. The average Bonchev–Trinajstić information content (AvgIpc) is 3.60. The Balaban J connectivity index is 0.000000231. The number of fused-ring (bicyclic) bond motifs is 1. The minimum Gasteiger partial charge on any atom is -0.481 e. The summed E-state index contributed by atoms with van der Waals surface area (Å²) >= 11 is 13.9. The van der Waals surface area contributed by atoms with Gasteiger partial charge in [0, 0.05) is 50.9 Å². The molecule has 0 spiro atoms. The third kappa shape index (κ3) is 15.7. The summed E-state index contributed by atoms with van der Waals surface area (Å²) in [6.07, 6.45) is 3.08. The van der Waals surface area contributed by atoms with Gasteiger partial charge in [0.25, 0.3) is 15.9 Å². The number of esters is 1. The van der Waals surface area contributed by atoms with Gasteiger partial charge < -0.3 is 29.7 Å². The molecule has 0 atom stereocenters. The Labute approximate surface area is 402 Å². The molecule has 6 rings (SSSR count). The molecule has 23 nitrogen and oxygen atoms in total. The summed E-state index contributed by atoms with van der Waals surface area (Å²) in [5, 5.41) is 7.99. The molecule has 5 heterocycles. The molecule has 0 saturated heterocycles. The van der Waals surface area contributed by atoms with Crippen LogP contribution in [0.4, 0.5) is 32.7 Å². The van der Waals surface area contributed by atoms with E-state index in [1.54, 1.807) is 14.1 Å². The summed E-state index contributed by atoms with van der Waals surface area (Å²) in [6, 6.07) is 5.81. The van der Waals surface area contributed by atoms with Gasteiger partial charge in [0.2, 0.25) is 39.7 Å². The Kier molecular flexibility index (Phi) is 20.0. The minimum absolute atomic E-state index is 0.0605. The van der Waals surface area contributed by atoms with E-state index >= 15 is 0 Å². The van der Waals surface area contributed by atoms with Crippen molar-refractivity contribution in [2.45, 2.75) is 62.7 Å². The van der Waals surface area contributed by atoms with Crippen molar-refractivity contribution in [2.24, 2.45) is 4.99 Å². The number of nitrogens with one attached hydrogen (secondary N) is 4. The lowest BCUT2D eigenvalue weighted by Crippen LogP contribution is -2.36. The molecule has 362 valence electrons. The Morgan fingerprint density at radius 3 is 2.24 bits per heavy atom. The Morgan fingerprint density at radius 2 is 1.63 bits per heavy atom. The van der Waals surface area contributed by atoms with Gasteiger partial charge in [0.05, 0.1) is 43.7 Å². The number of carbonyl (C=O) groups is 3. The minimum atomic E-state index is -4.46. The second-order valence-corrected chi connectivity index (χ2v) is 18.1. The van der Waals surface area contributed by atoms with Crippen molar-refractivity contribution in [3.8, 4) is 11.8 Å². The lowest BCUT2D eigenvalue weighted by atomic mass is 10.2. The summed E-state index contributed by atoms with van der Waals surface area (Å²) < 4.78 is 59.0. The number of sulfonamides is 1. The number of hydrogen-bond donors (Lipinski definition) is 4. The molecule has 1 aliphatic heterocycles. The van der Waals surface area contributed by atoms with Crippen LogP contribution < -0.4 is 39.8 Å². The number of aromatic nitrogens is 8. The van der Waals surface area contributed by atoms with Crippen molar-refractivity contribution < 1.29 is 41.4 Å². The van der Waals surface area contributed by atoms with E-state index in [0.717, 1.165) is 48.6 Å². The predicted molar refractivity (Wildman–Crippen MR) is 250 cm³/mol. The summed E-state index contributed by atoms with van der Waals surface area (Å²) in [6.45, 7) is 8.05. The maximum absolute atomic E-state index is 14.3. The highest BCUT2D eigenvalue weighted by molar-refractivity contribution is 8.00. The lowest BCUT2D eigenvalue weighted by Gasteiger charge is -2.15. The van der Waals surface area contributed by atoms with E-state index in [9.17, 15) is 32.0 Å². The van der Waals surface area contributed by atoms with Crippen LogP contribution in [0.1, 0.15) is 44.0 Å². The standard InChI is InChI=1S/C15H15ClFN3O3S2.C15H18N6O6S.C8H14ClN5/c1-23-13(21)8-24-12-7-11(10(17)6-9(12)16)18-14-19-4-2-3-5-20(19)15(22)25-14;1-21(2)13(22)9-6-5-7-16-12(9)28(24,25)20-15(23)19-14-17-10(26-3)8-11(18-14)27-4;1-4-10-7-12-6(9)13-8(14-7)11-5(2)3/h6-7H,2-5,8H2,1H3;5-8H,1-4H3,(H2,17,18,19,20,23);5H,4H2,1-3H3,(H2,10,11,12,13,14)/b18-14-;;. The normalized spacial score (nSPS) is 12.0. The van der Waals surface area contributed by atoms with Gasteiger partial charge in [-0.1, -0.05) is 11.6 Å². The number of pyridine rings is 1. The molecule has 0 radical (unpaired) electrons. The first kappa shape index (κ1) is 53.5. The Bertz CT molecular complexity index is 2770. The van der Waals surface area contributed by atoms with Gasteiger partial charge in [-0.25, -0.2) is 28.6 Å². The zero-order valence-corrected chi connectivity index (χ0v) is 41.3. The Hall–Kier alpha value is -6.16. The summed E-state index contributed by atoms with van der Waals surface area (Å²) in [7, 11) is 2.45. The average molecular weight is 1030 g/mol. The fourth-order valence-corrected chi connectivity index (χ4v) is 8.50. The monoisotopic (exact) mass is 1030 g/mol. The van der Waals surface area contributed by atoms with Gasteiger partial charge in [-0.2, -0.15) is 33.3 Å². The van der Waals surface area contributed by atoms with Gasteiger partial charge in [0.1, 0.15) is 11.5 Å². The summed E-state index contributed by atoms with van der Waals surface area (Å²) in [5.74, 6) is -0.592. The number of anilines is 3. The summed E-state index contributed by atoms with van der Waals surface area (Å²) in [4.78, 5) is 77.4. The van der Waals surface area contributed by atoms with E-state index in [4.69, 9.17) is 32.7 Å². The second-order valence-electron chi connectivity index (χ2n) is 13.8.